The normalized spacial score (nSPS) is 39.8. The number of likely N-dealkylation sites (tertiary alicyclic amines) is 1. The van der Waals surface area contributed by atoms with Crippen molar-refractivity contribution in [1.82, 2.24) is 4.90 Å². The van der Waals surface area contributed by atoms with Gasteiger partial charge in [-0.15, -0.1) is 0 Å². The molecule has 0 spiro atoms. The van der Waals surface area contributed by atoms with Crippen molar-refractivity contribution in [2.75, 3.05) is 26.8 Å². The van der Waals surface area contributed by atoms with E-state index in [4.69, 9.17) is 9.47 Å². The Morgan fingerprint density at radius 2 is 1.91 bits per heavy atom. The summed E-state index contributed by atoms with van der Waals surface area (Å²) < 4.78 is 11.4. The Hall–Kier alpha value is -2.41. The van der Waals surface area contributed by atoms with Crippen LogP contribution in [-0.2, 0) is 23.9 Å². The molecule has 0 aromatic heterocycles. The van der Waals surface area contributed by atoms with Gasteiger partial charge >= 0.3 is 5.97 Å². The van der Waals surface area contributed by atoms with E-state index in [1.807, 2.05) is 20.8 Å². The number of hydrogen-bond donors (Lipinski definition) is 1. The molecule has 178 valence electrons. The van der Waals surface area contributed by atoms with Crippen molar-refractivity contribution in [2.45, 2.75) is 59.0 Å². The van der Waals surface area contributed by atoms with Gasteiger partial charge in [0.2, 0.25) is 5.78 Å². The first-order valence-electron chi connectivity index (χ1n) is 12.1. The first-order valence-corrected chi connectivity index (χ1v) is 12.1. The van der Waals surface area contributed by atoms with Crippen LogP contribution in [0.2, 0.25) is 0 Å². The summed E-state index contributed by atoms with van der Waals surface area (Å²) in [6.45, 7) is 7.77. The number of rotatable bonds is 3. The summed E-state index contributed by atoms with van der Waals surface area (Å²) >= 11 is 0. The number of fused-ring (bicyclic) bond motifs is 4. The van der Waals surface area contributed by atoms with Gasteiger partial charge in [0.15, 0.2) is 5.76 Å². The molecule has 7 nitrogen and oxygen atoms in total. The van der Waals surface area contributed by atoms with E-state index in [0.29, 0.717) is 30.4 Å². The van der Waals surface area contributed by atoms with E-state index >= 15 is 0 Å². The highest BCUT2D eigenvalue weighted by atomic mass is 16.6. The summed E-state index contributed by atoms with van der Waals surface area (Å²) in [5, 5.41) is 11.4. The third-order valence-corrected chi connectivity index (χ3v) is 8.86. The number of ketones is 2. The van der Waals surface area contributed by atoms with E-state index in [2.05, 4.69) is 4.90 Å². The topological polar surface area (TPSA) is 93.1 Å². The van der Waals surface area contributed by atoms with E-state index in [0.717, 1.165) is 31.5 Å². The van der Waals surface area contributed by atoms with Crippen molar-refractivity contribution in [2.24, 2.45) is 22.7 Å². The number of aliphatic hydroxyl groups is 1. The molecule has 5 atom stereocenters. The van der Waals surface area contributed by atoms with E-state index in [1.165, 1.54) is 0 Å². The number of cyclic esters (lactones) is 1. The second-order valence-corrected chi connectivity index (χ2v) is 10.8. The maximum atomic E-state index is 13.7. The summed E-state index contributed by atoms with van der Waals surface area (Å²) in [7, 11) is 1.55. The molecule has 2 aliphatic heterocycles. The Kier molecular flexibility index (Phi) is 5.12. The maximum absolute atomic E-state index is 13.7. The molecule has 33 heavy (non-hydrogen) atoms. The van der Waals surface area contributed by atoms with E-state index in [9.17, 15) is 19.5 Å². The van der Waals surface area contributed by atoms with E-state index in [1.54, 1.807) is 13.3 Å². The largest absolute Gasteiger partial charge is 0.504 e. The van der Waals surface area contributed by atoms with Crippen LogP contribution < -0.4 is 0 Å². The Balaban J connectivity index is 1.74. The van der Waals surface area contributed by atoms with Crippen molar-refractivity contribution in [3.05, 3.63) is 34.3 Å². The average molecular weight is 456 g/mol. The average Bonchev–Trinajstić information content (AvgIpc) is 3.37. The van der Waals surface area contributed by atoms with Gasteiger partial charge in [-0.25, -0.2) is 4.79 Å². The molecular formula is C26H33NO6. The van der Waals surface area contributed by atoms with Gasteiger partial charge in [0.05, 0.1) is 17.6 Å². The smallest absolute Gasteiger partial charge is 0.340 e. The van der Waals surface area contributed by atoms with Crippen LogP contribution >= 0.6 is 0 Å². The van der Waals surface area contributed by atoms with Crippen molar-refractivity contribution in [3.8, 4) is 0 Å². The molecule has 3 aliphatic carbocycles. The van der Waals surface area contributed by atoms with E-state index in [-0.39, 0.29) is 35.6 Å². The minimum atomic E-state index is -0.908. The predicted molar refractivity (Wildman–Crippen MR) is 120 cm³/mol. The summed E-state index contributed by atoms with van der Waals surface area (Å²) in [4.78, 5) is 41.8. The molecule has 0 amide bonds. The minimum Gasteiger partial charge on any atom is -0.504 e. The molecule has 0 aromatic carbocycles. The summed E-state index contributed by atoms with van der Waals surface area (Å²) in [6.07, 6.45) is 4.85. The Morgan fingerprint density at radius 3 is 2.58 bits per heavy atom. The fourth-order valence-electron chi connectivity index (χ4n) is 7.35. The van der Waals surface area contributed by atoms with Crippen molar-refractivity contribution in [3.63, 3.8) is 0 Å². The molecule has 0 aromatic rings. The number of hydrogen-bond acceptors (Lipinski definition) is 7. The second-order valence-electron chi connectivity index (χ2n) is 10.8. The highest BCUT2D eigenvalue weighted by Gasteiger charge is 2.63. The summed E-state index contributed by atoms with van der Waals surface area (Å²) in [5.41, 5.74) is 0.571. The highest BCUT2D eigenvalue weighted by Crippen LogP contribution is 2.63. The third-order valence-electron chi connectivity index (χ3n) is 8.86. The van der Waals surface area contributed by atoms with Crippen LogP contribution in [0.15, 0.2) is 34.3 Å². The number of allylic oxidation sites excluding steroid dienone is 1. The van der Waals surface area contributed by atoms with Gasteiger partial charge in [-0.2, -0.15) is 0 Å². The number of nitrogens with zero attached hydrogens (tertiary/aromatic N) is 1. The number of ether oxygens (including phenoxy) is 2. The number of aliphatic hydroxyl groups excluding tert-OH is 1. The van der Waals surface area contributed by atoms with Gasteiger partial charge < -0.3 is 19.5 Å². The Labute approximate surface area is 194 Å². The van der Waals surface area contributed by atoms with Crippen LogP contribution in [0, 0.1) is 22.7 Å². The summed E-state index contributed by atoms with van der Waals surface area (Å²) in [5.74, 6) is -1.47. The monoisotopic (exact) mass is 455 g/mol. The van der Waals surface area contributed by atoms with Gasteiger partial charge in [-0.1, -0.05) is 13.8 Å². The fraction of sp³-hybridized carbons (Fsp3) is 0.654. The van der Waals surface area contributed by atoms with Crippen LogP contribution in [-0.4, -0.2) is 60.5 Å². The lowest BCUT2D eigenvalue weighted by atomic mass is 9.52. The van der Waals surface area contributed by atoms with Crippen LogP contribution in [0.3, 0.4) is 0 Å². The zero-order valence-electron chi connectivity index (χ0n) is 19.9. The molecule has 2 heterocycles. The predicted octanol–water partition coefficient (Wildman–Crippen LogP) is 3.26. The molecule has 2 saturated heterocycles. The number of esters is 1. The number of Topliss-reactive ketones (excluding diaryl/α,β-unsaturated/α-hetero) is 2. The van der Waals surface area contributed by atoms with Crippen molar-refractivity contribution >= 4 is 17.5 Å². The minimum absolute atomic E-state index is 0.0791. The molecule has 1 saturated carbocycles. The highest BCUT2D eigenvalue weighted by molar-refractivity contribution is 6.13. The fourth-order valence-corrected chi connectivity index (χ4v) is 7.35. The molecule has 3 fully saturated rings. The van der Waals surface area contributed by atoms with Crippen molar-refractivity contribution in [1.29, 1.82) is 0 Å². The SMILES string of the molecule is COC[C@H]1OC(=O)/C(=C\N2CCCC2)C2=C(O)C(=O)C3=C([C@H](C)C[C@]4(C)C(=O)CC[C@@H]34)[C@]21C. The lowest BCUT2D eigenvalue weighted by molar-refractivity contribution is -0.156. The van der Waals surface area contributed by atoms with Crippen molar-refractivity contribution < 1.29 is 29.0 Å². The van der Waals surface area contributed by atoms with Gasteiger partial charge in [-0.05, 0) is 44.1 Å². The molecule has 5 rings (SSSR count). The number of carbonyl (C=O) groups is 3. The third kappa shape index (κ3) is 2.94. The van der Waals surface area contributed by atoms with E-state index < -0.39 is 28.7 Å². The van der Waals surface area contributed by atoms with Crippen LogP contribution in [0.4, 0.5) is 0 Å². The quantitative estimate of drug-likeness (QED) is 0.516. The second kappa shape index (κ2) is 7.55. The molecule has 7 heteroatoms. The van der Waals surface area contributed by atoms with Crippen LogP contribution in [0.1, 0.15) is 52.9 Å². The molecule has 5 aliphatic rings. The van der Waals surface area contributed by atoms with Crippen LogP contribution in [0.5, 0.6) is 0 Å². The van der Waals surface area contributed by atoms with Gasteiger partial charge in [0.1, 0.15) is 11.9 Å². The first-order chi connectivity index (χ1) is 15.6. The standard InChI is InChI=1S/C26H33NO6/c1-14-11-25(2)16(7-8-17(25)28)19-20(14)26(3)18(13-32-4)33-24(31)15(12-27-9-5-6-10-27)21(26)23(30)22(19)29/h12,14,16,18,30H,5-11,13H2,1-4H3/b15-12-/t14-,16+,18-,25+,26-/m1/s1. The zero-order chi connectivity index (χ0) is 23.7. The lowest BCUT2D eigenvalue weighted by Crippen LogP contribution is -2.55. The maximum Gasteiger partial charge on any atom is 0.340 e. The van der Waals surface area contributed by atoms with Gasteiger partial charge in [0, 0.05) is 55.3 Å². The molecule has 1 N–H and O–H groups in total. The van der Waals surface area contributed by atoms with Crippen LogP contribution in [0.25, 0.3) is 0 Å². The molecule has 0 radical (unpaired) electrons. The number of carbonyl (C=O) groups excluding carboxylic acids is 3. The van der Waals surface area contributed by atoms with Gasteiger partial charge in [0.25, 0.3) is 0 Å². The molecule has 0 unspecified atom stereocenters. The molecular weight excluding hydrogens is 422 g/mol. The molecule has 0 bridgehead atoms. The zero-order valence-corrected chi connectivity index (χ0v) is 19.9. The number of methoxy groups -OCH3 is 1. The van der Waals surface area contributed by atoms with Gasteiger partial charge in [-0.3, -0.25) is 9.59 Å². The Morgan fingerprint density at radius 1 is 1.21 bits per heavy atom. The lowest BCUT2D eigenvalue weighted by Gasteiger charge is -2.53. The summed E-state index contributed by atoms with van der Waals surface area (Å²) in [6, 6.07) is 0. The Bertz CT molecular complexity index is 1030. The first kappa shape index (κ1) is 22.4.